The lowest BCUT2D eigenvalue weighted by Gasteiger charge is -2.11. The van der Waals surface area contributed by atoms with E-state index in [0.717, 1.165) is 0 Å². The summed E-state index contributed by atoms with van der Waals surface area (Å²) in [4.78, 5) is 21.8. The Morgan fingerprint density at radius 1 is 1.30 bits per heavy atom. The van der Waals surface area contributed by atoms with Gasteiger partial charge in [-0.05, 0) is 20.8 Å². The van der Waals surface area contributed by atoms with E-state index in [9.17, 15) is 4.91 Å². The van der Waals surface area contributed by atoms with Crippen LogP contribution in [0.4, 0.5) is 0 Å². The molecule has 6 nitrogen and oxygen atoms in total. The molecular formula is C4H10N2O4. The summed E-state index contributed by atoms with van der Waals surface area (Å²) < 4.78 is 0. The van der Waals surface area contributed by atoms with E-state index >= 15 is 0 Å². The van der Waals surface area contributed by atoms with Crippen molar-refractivity contribution in [2.24, 2.45) is 10.7 Å². The summed E-state index contributed by atoms with van der Waals surface area (Å²) in [6.07, 6.45) is 0. The van der Waals surface area contributed by atoms with Gasteiger partial charge < -0.3 is 10.0 Å². The fraction of sp³-hybridized carbons (Fsp3) is 1.00. The molecule has 0 aliphatic rings. The lowest BCUT2D eigenvalue weighted by atomic mass is 10.2. The fourth-order valence-corrected chi connectivity index (χ4v) is 0.112. The molecule has 0 aromatic rings. The van der Waals surface area contributed by atoms with E-state index in [1.165, 1.54) is 5.34 Å². The van der Waals surface area contributed by atoms with Gasteiger partial charge in [-0.3, -0.25) is 0 Å². The van der Waals surface area contributed by atoms with E-state index < -0.39 is 5.60 Å². The van der Waals surface area contributed by atoms with E-state index in [2.05, 4.69) is 10.2 Å². The first-order valence-corrected chi connectivity index (χ1v) is 2.45. The zero-order chi connectivity index (χ0) is 8.62. The quantitative estimate of drug-likeness (QED) is 0.454. The molecule has 0 saturated heterocycles. The van der Waals surface area contributed by atoms with Crippen LogP contribution in [0.15, 0.2) is 10.7 Å². The van der Waals surface area contributed by atoms with Crippen LogP contribution in [0.1, 0.15) is 20.8 Å². The van der Waals surface area contributed by atoms with Gasteiger partial charge in [0.15, 0.2) is 10.7 Å². The van der Waals surface area contributed by atoms with Gasteiger partial charge in [0, 0.05) is 0 Å². The molecule has 60 valence electrons. The first-order chi connectivity index (χ1) is 4.47. The van der Waals surface area contributed by atoms with Crippen molar-refractivity contribution in [3.8, 4) is 0 Å². The van der Waals surface area contributed by atoms with Crippen LogP contribution in [-0.4, -0.2) is 10.8 Å². The van der Waals surface area contributed by atoms with Crippen molar-refractivity contribution in [1.82, 2.24) is 0 Å². The molecule has 0 saturated carbocycles. The summed E-state index contributed by atoms with van der Waals surface area (Å²) in [5.74, 6) is 0. The van der Waals surface area contributed by atoms with Crippen molar-refractivity contribution in [1.29, 1.82) is 0 Å². The van der Waals surface area contributed by atoms with Gasteiger partial charge in [0.2, 0.25) is 0 Å². The molecule has 0 bridgehead atoms. The monoisotopic (exact) mass is 150 g/mol. The lowest BCUT2D eigenvalue weighted by molar-refractivity contribution is -0.00229. The minimum absolute atomic E-state index is 0.429. The van der Waals surface area contributed by atoms with Gasteiger partial charge in [0.05, 0.1) is 0 Å². The second-order valence-electron chi connectivity index (χ2n) is 2.36. The van der Waals surface area contributed by atoms with E-state index in [0.29, 0.717) is 0 Å². The molecule has 0 aromatic heterocycles. The standard InChI is InChI=1S/C4H9NO2.HNO2/c1-4(2,3)7-5-6;2-1-3/h1-3H3;(H,2,3). The maximum absolute atomic E-state index is 9.35. The summed E-state index contributed by atoms with van der Waals surface area (Å²) >= 11 is 0. The maximum atomic E-state index is 9.35. The molecule has 0 aliphatic heterocycles. The van der Waals surface area contributed by atoms with Gasteiger partial charge in [-0.2, -0.15) is 0 Å². The highest BCUT2D eigenvalue weighted by Crippen LogP contribution is 2.05. The third-order valence-corrected chi connectivity index (χ3v) is 0.311. The molecule has 0 amide bonds. The van der Waals surface area contributed by atoms with Crippen LogP contribution in [0.5, 0.6) is 0 Å². The van der Waals surface area contributed by atoms with Crippen LogP contribution < -0.4 is 0 Å². The maximum Gasteiger partial charge on any atom is 0.155 e. The van der Waals surface area contributed by atoms with Crippen LogP contribution in [0.2, 0.25) is 0 Å². The first kappa shape index (κ1) is 11.6. The van der Waals surface area contributed by atoms with E-state index in [4.69, 9.17) is 10.1 Å². The highest BCUT2D eigenvalue weighted by atomic mass is 16.7. The average Bonchev–Trinajstić information content (AvgIpc) is 1.63. The Labute approximate surface area is 58.0 Å². The van der Waals surface area contributed by atoms with Gasteiger partial charge in [-0.15, -0.1) is 9.81 Å². The minimum Gasteiger partial charge on any atom is -0.379 e. The summed E-state index contributed by atoms with van der Waals surface area (Å²) in [5.41, 5.74) is -0.429. The third kappa shape index (κ3) is 29.2. The van der Waals surface area contributed by atoms with Crippen LogP contribution in [0.25, 0.3) is 0 Å². The summed E-state index contributed by atoms with van der Waals surface area (Å²) in [6.45, 7) is 5.28. The molecule has 10 heavy (non-hydrogen) atoms. The Morgan fingerprint density at radius 3 is 1.60 bits per heavy atom. The van der Waals surface area contributed by atoms with Crippen molar-refractivity contribution in [3.05, 3.63) is 9.81 Å². The number of hydrogen-bond donors (Lipinski definition) is 1. The lowest BCUT2D eigenvalue weighted by Crippen LogP contribution is -2.14. The number of hydrogen-bond acceptors (Lipinski definition) is 5. The Hall–Kier alpha value is -1.20. The largest absolute Gasteiger partial charge is 0.379 e. The van der Waals surface area contributed by atoms with Crippen molar-refractivity contribution >= 4 is 0 Å². The van der Waals surface area contributed by atoms with Gasteiger partial charge in [-0.25, -0.2) is 0 Å². The molecule has 1 N–H and O–H groups in total. The molecule has 0 fully saturated rings. The molecule has 0 unspecified atom stereocenters. The molecular weight excluding hydrogens is 140 g/mol. The SMILES string of the molecule is CC(C)(C)ON=O.O=NO. The fourth-order valence-electron chi connectivity index (χ4n) is 0.112. The minimum atomic E-state index is -0.429. The van der Waals surface area contributed by atoms with Gasteiger partial charge in [0.25, 0.3) is 0 Å². The van der Waals surface area contributed by atoms with Crippen LogP contribution in [0.3, 0.4) is 0 Å². The smallest absolute Gasteiger partial charge is 0.155 e. The van der Waals surface area contributed by atoms with Crippen LogP contribution in [-0.2, 0) is 4.84 Å². The molecule has 0 radical (unpaired) electrons. The summed E-state index contributed by atoms with van der Waals surface area (Å²) in [5, 5.41) is 10.1. The zero-order valence-corrected chi connectivity index (χ0v) is 6.07. The molecule has 0 rings (SSSR count). The van der Waals surface area contributed by atoms with Crippen molar-refractivity contribution in [2.75, 3.05) is 0 Å². The van der Waals surface area contributed by atoms with E-state index in [1.807, 2.05) is 0 Å². The highest BCUT2D eigenvalue weighted by molar-refractivity contribution is 4.55. The molecule has 0 spiro atoms. The van der Waals surface area contributed by atoms with Crippen molar-refractivity contribution in [2.45, 2.75) is 26.4 Å². The van der Waals surface area contributed by atoms with Gasteiger partial charge in [-0.1, -0.05) is 0 Å². The molecule has 0 aliphatic carbocycles. The Morgan fingerprint density at radius 2 is 1.60 bits per heavy atom. The Kier molecular flexibility index (Phi) is 6.86. The summed E-state index contributed by atoms with van der Waals surface area (Å²) in [7, 11) is 0. The average molecular weight is 150 g/mol. The predicted octanol–water partition coefficient (Wildman–Crippen LogP) is 1.62. The van der Waals surface area contributed by atoms with Crippen molar-refractivity contribution in [3.63, 3.8) is 0 Å². The molecule has 0 heterocycles. The van der Waals surface area contributed by atoms with Crippen molar-refractivity contribution < 1.29 is 10.0 Å². The first-order valence-electron chi connectivity index (χ1n) is 2.45. The summed E-state index contributed by atoms with van der Waals surface area (Å²) in [6, 6.07) is 0. The normalized spacial score (nSPS) is 8.70. The Balaban J connectivity index is 0. The molecule has 0 atom stereocenters. The van der Waals surface area contributed by atoms with Gasteiger partial charge >= 0.3 is 0 Å². The molecule has 6 heteroatoms. The third-order valence-electron chi connectivity index (χ3n) is 0.311. The second-order valence-corrected chi connectivity index (χ2v) is 2.36. The zero-order valence-electron chi connectivity index (χ0n) is 6.07. The van der Waals surface area contributed by atoms with E-state index in [-0.39, 0.29) is 0 Å². The predicted molar refractivity (Wildman–Crippen MR) is 34.2 cm³/mol. The topological polar surface area (TPSA) is 88.3 Å². The van der Waals surface area contributed by atoms with Gasteiger partial charge in [0.1, 0.15) is 5.60 Å². The highest BCUT2D eigenvalue weighted by Gasteiger charge is 2.09. The van der Waals surface area contributed by atoms with Crippen LogP contribution >= 0.6 is 0 Å². The molecule has 0 aromatic carbocycles. The van der Waals surface area contributed by atoms with Crippen LogP contribution in [0, 0.1) is 9.81 Å². The number of rotatable bonds is 1. The Bertz CT molecular complexity index is 97.9. The van der Waals surface area contributed by atoms with E-state index in [1.54, 1.807) is 20.8 Å². The second kappa shape index (κ2) is 5.93. The number of nitrogens with zero attached hydrogens (tertiary/aromatic N) is 2.